The zero-order valence-electron chi connectivity index (χ0n) is 31.8. The van der Waals surface area contributed by atoms with Gasteiger partial charge < -0.3 is 9.47 Å². The molecule has 0 amide bonds. The van der Waals surface area contributed by atoms with Crippen LogP contribution in [-0.4, -0.2) is 4.57 Å². The van der Waals surface area contributed by atoms with E-state index in [1.165, 1.54) is 76.7 Å². The van der Waals surface area contributed by atoms with Crippen molar-refractivity contribution in [3.63, 3.8) is 0 Å². The molecule has 0 aliphatic rings. The summed E-state index contributed by atoms with van der Waals surface area (Å²) in [6, 6.07) is 83.8. The van der Waals surface area contributed by atoms with Crippen LogP contribution in [0.5, 0.6) is 0 Å². The molecule has 272 valence electrons. The Labute approximate surface area is 338 Å². The maximum atomic E-state index is 2.39. The minimum atomic E-state index is 1.10. The van der Waals surface area contributed by atoms with E-state index in [1.807, 2.05) is 0 Å². The second-order valence-corrected chi connectivity index (χ2v) is 15.0. The number of benzene rings is 10. The maximum absolute atomic E-state index is 2.39. The third-order valence-electron chi connectivity index (χ3n) is 11.5. The van der Waals surface area contributed by atoms with Crippen LogP contribution in [0.3, 0.4) is 0 Å². The summed E-state index contributed by atoms with van der Waals surface area (Å²) in [5.74, 6) is 0. The third-order valence-corrected chi connectivity index (χ3v) is 11.5. The molecule has 0 bridgehead atoms. The highest BCUT2D eigenvalue weighted by Gasteiger charge is 2.18. The van der Waals surface area contributed by atoms with Gasteiger partial charge in [0.15, 0.2) is 0 Å². The van der Waals surface area contributed by atoms with Gasteiger partial charge in [-0.25, -0.2) is 0 Å². The number of anilines is 3. The standard InChI is InChI=1S/C56H38N2/c1-3-12-39(13-4-1)41-28-30-50(31-29-41)57(52-32-33-56-54(38-52)53-20-9-10-21-55(53)58(56)49-17-5-2-6-18-49)51-19-11-16-44(37-51)46-26-23-42-24-27-47(36-48(42)35-46)45-25-22-40-14-7-8-15-43(40)34-45/h1-38H. The topological polar surface area (TPSA) is 8.17 Å². The van der Waals surface area contributed by atoms with Gasteiger partial charge in [-0.05, 0) is 134 Å². The van der Waals surface area contributed by atoms with Crippen molar-refractivity contribution < 1.29 is 0 Å². The van der Waals surface area contributed by atoms with Gasteiger partial charge >= 0.3 is 0 Å². The molecule has 0 saturated carbocycles. The fraction of sp³-hybridized carbons (Fsp3) is 0. The van der Waals surface area contributed by atoms with Gasteiger partial charge in [-0.1, -0.05) is 152 Å². The van der Waals surface area contributed by atoms with E-state index in [9.17, 15) is 0 Å². The van der Waals surface area contributed by atoms with Crippen molar-refractivity contribution in [3.05, 3.63) is 231 Å². The summed E-state index contributed by atoms with van der Waals surface area (Å²) in [5, 5.41) is 7.42. The van der Waals surface area contributed by atoms with Gasteiger partial charge in [0.25, 0.3) is 0 Å². The van der Waals surface area contributed by atoms with Crippen LogP contribution in [0.25, 0.3) is 82.4 Å². The van der Waals surface area contributed by atoms with Gasteiger partial charge in [0, 0.05) is 33.5 Å². The Bertz CT molecular complexity index is 3270. The monoisotopic (exact) mass is 738 g/mol. The largest absolute Gasteiger partial charge is 0.310 e. The summed E-state index contributed by atoms with van der Waals surface area (Å²) >= 11 is 0. The van der Waals surface area contributed by atoms with E-state index in [-0.39, 0.29) is 0 Å². The van der Waals surface area contributed by atoms with Gasteiger partial charge in [-0.2, -0.15) is 0 Å². The lowest BCUT2D eigenvalue weighted by Crippen LogP contribution is -2.10. The van der Waals surface area contributed by atoms with E-state index in [2.05, 4.69) is 240 Å². The first-order valence-corrected chi connectivity index (χ1v) is 19.9. The van der Waals surface area contributed by atoms with Crippen molar-refractivity contribution in [1.82, 2.24) is 4.57 Å². The molecule has 0 spiro atoms. The summed E-state index contributed by atoms with van der Waals surface area (Å²) in [4.78, 5) is 2.39. The summed E-state index contributed by atoms with van der Waals surface area (Å²) < 4.78 is 2.37. The SMILES string of the molecule is c1ccc(-c2ccc(N(c3cccc(-c4ccc5ccc(-c6ccc7ccccc7c6)cc5c4)c3)c3ccc4c(c3)c3ccccc3n4-c3ccccc3)cc2)cc1. The molecule has 0 aliphatic carbocycles. The van der Waals surface area contributed by atoms with Crippen LogP contribution < -0.4 is 4.90 Å². The molecule has 1 heterocycles. The average Bonchev–Trinajstić information content (AvgIpc) is 3.63. The van der Waals surface area contributed by atoms with Crippen molar-refractivity contribution in [2.75, 3.05) is 4.90 Å². The summed E-state index contributed by atoms with van der Waals surface area (Å²) in [6.07, 6.45) is 0. The average molecular weight is 739 g/mol. The van der Waals surface area contributed by atoms with Crippen molar-refractivity contribution in [3.8, 4) is 39.1 Å². The zero-order valence-corrected chi connectivity index (χ0v) is 31.8. The fourth-order valence-corrected chi connectivity index (χ4v) is 8.64. The molecule has 2 nitrogen and oxygen atoms in total. The molecule has 0 radical (unpaired) electrons. The molecule has 0 fully saturated rings. The van der Waals surface area contributed by atoms with Crippen molar-refractivity contribution in [1.29, 1.82) is 0 Å². The Balaban J connectivity index is 1.03. The van der Waals surface area contributed by atoms with E-state index < -0.39 is 0 Å². The van der Waals surface area contributed by atoms with Crippen LogP contribution in [0, 0.1) is 0 Å². The predicted octanol–water partition coefficient (Wildman–Crippen LogP) is 15.6. The molecule has 0 aliphatic heterocycles. The first-order chi connectivity index (χ1) is 28.7. The lowest BCUT2D eigenvalue weighted by atomic mass is 9.96. The molecule has 10 aromatic carbocycles. The molecule has 0 unspecified atom stereocenters. The molecule has 0 N–H and O–H groups in total. The highest BCUT2D eigenvalue weighted by molar-refractivity contribution is 6.10. The first kappa shape index (κ1) is 33.6. The summed E-state index contributed by atoms with van der Waals surface area (Å²) in [7, 11) is 0. The van der Waals surface area contributed by atoms with Crippen LogP contribution in [0.1, 0.15) is 0 Å². The molecule has 0 atom stereocenters. The Morgan fingerprint density at radius 1 is 0.259 bits per heavy atom. The van der Waals surface area contributed by atoms with Gasteiger partial charge in [0.05, 0.1) is 11.0 Å². The minimum absolute atomic E-state index is 1.10. The van der Waals surface area contributed by atoms with Gasteiger partial charge in [0.1, 0.15) is 0 Å². The summed E-state index contributed by atoms with van der Waals surface area (Å²) in [6.45, 7) is 0. The Morgan fingerprint density at radius 2 is 0.759 bits per heavy atom. The molecule has 0 saturated heterocycles. The van der Waals surface area contributed by atoms with Crippen LogP contribution >= 0.6 is 0 Å². The molecule has 1 aromatic heterocycles. The Kier molecular flexibility index (Phi) is 8.19. The van der Waals surface area contributed by atoms with E-state index in [1.54, 1.807) is 0 Å². The smallest absolute Gasteiger partial charge is 0.0542 e. The van der Waals surface area contributed by atoms with E-state index in [0.717, 1.165) is 22.7 Å². The quantitative estimate of drug-likeness (QED) is 0.158. The van der Waals surface area contributed by atoms with Gasteiger partial charge in [0.2, 0.25) is 0 Å². The highest BCUT2D eigenvalue weighted by Crippen LogP contribution is 2.41. The fourth-order valence-electron chi connectivity index (χ4n) is 8.64. The number of para-hydroxylation sites is 2. The predicted molar refractivity (Wildman–Crippen MR) is 247 cm³/mol. The normalized spacial score (nSPS) is 11.4. The molecule has 2 heteroatoms. The third kappa shape index (κ3) is 6.00. The van der Waals surface area contributed by atoms with Gasteiger partial charge in [-0.3, -0.25) is 0 Å². The molecular formula is C56H38N2. The van der Waals surface area contributed by atoms with Crippen molar-refractivity contribution in [2.24, 2.45) is 0 Å². The first-order valence-electron chi connectivity index (χ1n) is 19.9. The lowest BCUT2D eigenvalue weighted by molar-refractivity contribution is 1.18. The second-order valence-electron chi connectivity index (χ2n) is 15.0. The van der Waals surface area contributed by atoms with Crippen LogP contribution in [0.2, 0.25) is 0 Å². The van der Waals surface area contributed by atoms with E-state index in [4.69, 9.17) is 0 Å². The Hall–Kier alpha value is -7.68. The number of aromatic nitrogens is 1. The summed E-state index contributed by atoms with van der Waals surface area (Å²) in [5.41, 5.74) is 14.0. The minimum Gasteiger partial charge on any atom is -0.310 e. The highest BCUT2D eigenvalue weighted by atomic mass is 15.1. The second kappa shape index (κ2) is 14.1. The van der Waals surface area contributed by atoms with Crippen LogP contribution in [-0.2, 0) is 0 Å². The zero-order chi connectivity index (χ0) is 38.4. The van der Waals surface area contributed by atoms with Crippen molar-refractivity contribution >= 4 is 60.4 Å². The molecule has 11 aromatic rings. The van der Waals surface area contributed by atoms with E-state index in [0.29, 0.717) is 0 Å². The molecule has 11 rings (SSSR count). The number of fused-ring (bicyclic) bond motifs is 5. The number of hydrogen-bond acceptors (Lipinski definition) is 1. The maximum Gasteiger partial charge on any atom is 0.0542 e. The number of nitrogens with zero attached hydrogens (tertiary/aromatic N) is 2. The van der Waals surface area contributed by atoms with Crippen LogP contribution in [0.4, 0.5) is 17.1 Å². The Morgan fingerprint density at radius 3 is 1.50 bits per heavy atom. The van der Waals surface area contributed by atoms with Gasteiger partial charge in [-0.15, -0.1) is 0 Å². The van der Waals surface area contributed by atoms with Crippen molar-refractivity contribution in [2.45, 2.75) is 0 Å². The molecule has 58 heavy (non-hydrogen) atoms. The lowest BCUT2D eigenvalue weighted by Gasteiger charge is -2.26. The number of rotatable bonds is 7. The molecular weight excluding hydrogens is 701 g/mol. The van der Waals surface area contributed by atoms with Crippen LogP contribution in [0.15, 0.2) is 231 Å². The number of hydrogen-bond donors (Lipinski definition) is 0. The van der Waals surface area contributed by atoms with E-state index >= 15 is 0 Å².